The molecule has 0 spiro atoms. The van der Waals surface area contributed by atoms with Crippen LogP contribution in [0.3, 0.4) is 0 Å². The van der Waals surface area contributed by atoms with Gasteiger partial charge in [0, 0.05) is 6.54 Å². The quantitative estimate of drug-likeness (QED) is 0.833. The van der Waals surface area contributed by atoms with Crippen LogP contribution in [0.5, 0.6) is 5.75 Å². The maximum atomic E-state index is 12.4. The van der Waals surface area contributed by atoms with E-state index in [1.54, 1.807) is 0 Å². The first-order chi connectivity index (χ1) is 7.65. The average molecular weight is 223 g/mol. The summed E-state index contributed by atoms with van der Waals surface area (Å²) < 4.78 is 17.9. The van der Waals surface area contributed by atoms with Crippen LogP contribution in [0.1, 0.15) is 19.4 Å². The lowest BCUT2D eigenvalue weighted by Gasteiger charge is -2.11. The maximum Gasteiger partial charge on any atom is 0.119 e. The minimum Gasteiger partial charge on any atom is -0.491 e. The molecule has 0 aliphatic heterocycles. The number of hydrogen-bond acceptors (Lipinski definition) is 2. The molecule has 2 N–H and O–H groups in total. The highest BCUT2D eigenvalue weighted by Crippen LogP contribution is 2.17. The number of hydrogen-bond donors (Lipinski definition) is 1. The van der Waals surface area contributed by atoms with Gasteiger partial charge in [-0.3, -0.25) is 0 Å². The zero-order valence-electron chi connectivity index (χ0n) is 9.74. The molecule has 88 valence electrons. The van der Waals surface area contributed by atoms with E-state index in [-0.39, 0.29) is 12.6 Å². The predicted molar refractivity (Wildman–Crippen MR) is 64.2 cm³/mol. The van der Waals surface area contributed by atoms with Crippen LogP contribution in [0.2, 0.25) is 0 Å². The fourth-order valence-electron chi connectivity index (χ4n) is 1.42. The van der Waals surface area contributed by atoms with Gasteiger partial charge in [0.1, 0.15) is 5.75 Å². The minimum absolute atomic E-state index is 0.140. The van der Waals surface area contributed by atoms with Gasteiger partial charge in [-0.15, -0.1) is 0 Å². The third kappa shape index (κ3) is 4.03. The number of ether oxygens (including phenoxy) is 1. The van der Waals surface area contributed by atoms with Crippen LogP contribution in [0.25, 0.3) is 0 Å². The zero-order valence-corrected chi connectivity index (χ0v) is 9.74. The van der Waals surface area contributed by atoms with Crippen LogP contribution in [-0.2, 0) is 6.42 Å². The Kier molecular flexibility index (Phi) is 4.99. The fourth-order valence-corrected chi connectivity index (χ4v) is 1.42. The minimum atomic E-state index is 0.140. The lowest BCUT2D eigenvalue weighted by atomic mass is 10.1. The molecule has 0 radical (unpaired) electrons. The molecule has 0 unspecified atom stereocenters. The molecule has 0 fully saturated rings. The molecule has 0 saturated carbocycles. The Morgan fingerprint density at radius 3 is 2.81 bits per heavy atom. The largest absolute Gasteiger partial charge is 0.491 e. The van der Waals surface area contributed by atoms with E-state index < -0.39 is 0 Å². The van der Waals surface area contributed by atoms with Gasteiger partial charge in [0.25, 0.3) is 0 Å². The molecule has 0 aliphatic rings. The standard InChI is InChI=1S/C13H18FNO/c1-10(2)16-13-5-3-4-11(7-13)6-12(8-14)9-15/h3-5,7-8,10H,6,9,15H2,1-2H3/b12-8+. The van der Waals surface area contributed by atoms with Crippen molar-refractivity contribution in [1.29, 1.82) is 0 Å². The SMILES string of the molecule is CC(C)Oc1cccc(C/C(=C\F)CN)c1. The summed E-state index contributed by atoms with van der Waals surface area (Å²) in [6, 6.07) is 7.65. The van der Waals surface area contributed by atoms with E-state index in [4.69, 9.17) is 10.5 Å². The lowest BCUT2D eigenvalue weighted by molar-refractivity contribution is 0.242. The first kappa shape index (κ1) is 12.7. The lowest BCUT2D eigenvalue weighted by Crippen LogP contribution is -2.07. The van der Waals surface area contributed by atoms with Gasteiger partial charge in [0.05, 0.1) is 12.4 Å². The highest BCUT2D eigenvalue weighted by molar-refractivity contribution is 5.31. The number of benzene rings is 1. The van der Waals surface area contributed by atoms with Gasteiger partial charge >= 0.3 is 0 Å². The molecule has 0 atom stereocenters. The van der Waals surface area contributed by atoms with Crippen LogP contribution in [0, 0.1) is 0 Å². The van der Waals surface area contributed by atoms with Crippen LogP contribution in [0.15, 0.2) is 36.2 Å². The molecule has 0 aliphatic carbocycles. The van der Waals surface area contributed by atoms with Gasteiger partial charge < -0.3 is 10.5 Å². The predicted octanol–water partition coefficient (Wildman–Crippen LogP) is 2.83. The Morgan fingerprint density at radius 2 is 2.25 bits per heavy atom. The highest BCUT2D eigenvalue weighted by Gasteiger charge is 2.02. The smallest absolute Gasteiger partial charge is 0.119 e. The van der Waals surface area contributed by atoms with E-state index in [9.17, 15) is 4.39 Å². The number of halogens is 1. The fraction of sp³-hybridized carbons (Fsp3) is 0.385. The molecular weight excluding hydrogens is 205 g/mol. The van der Waals surface area contributed by atoms with Crippen molar-refractivity contribution in [2.24, 2.45) is 5.73 Å². The first-order valence-electron chi connectivity index (χ1n) is 5.39. The number of rotatable bonds is 5. The molecule has 16 heavy (non-hydrogen) atoms. The van der Waals surface area contributed by atoms with Crippen LogP contribution in [-0.4, -0.2) is 12.6 Å². The van der Waals surface area contributed by atoms with Crippen molar-refractivity contribution in [3.05, 3.63) is 41.7 Å². The monoisotopic (exact) mass is 223 g/mol. The van der Waals surface area contributed by atoms with Crippen molar-refractivity contribution in [1.82, 2.24) is 0 Å². The van der Waals surface area contributed by atoms with E-state index in [0.29, 0.717) is 18.3 Å². The van der Waals surface area contributed by atoms with Gasteiger partial charge in [-0.1, -0.05) is 12.1 Å². The normalized spacial score (nSPS) is 11.9. The number of nitrogens with two attached hydrogens (primary N) is 1. The Bertz CT molecular complexity index is 361. The summed E-state index contributed by atoms with van der Waals surface area (Å²) in [6.45, 7) is 4.19. The van der Waals surface area contributed by atoms with Crippen molar-refractivity contribution in [2.75, 3.05) is 6.54 Å². The molecule has 2 nitrogen and oxygen atoms in total. The Balaban J connectivity index is 2.74. The average Bonchev–Trinajstić information content (AvgIpc) is 2.25. The summed E-state index contributed by atoms with van der Waals surface area (Å²) in [4.78, 5) is 0. The van der Waals surface area contributed by atoms with Crippen LogP contribution >= 0.6 is 0 Å². The summed E-state index contributed by atoms with van der Waals surface area (Å²) in [5.41, 5.74) is 7.00. The summed E-state index contributed by atoms with van der Waals surface area (Å²) in [5.74, 6) is 0.808. The molecule has 1 rings (SSSR count). The van der Waals surface area contributed by atoms with Crippen molar-refractivity contribution in [3.63, 3.8) is 0 Å². The van der Waals surface area contributed by atoms with Gasteiger partial charge in [0.15, 0.2) is 0 Å². The van der Waals surface area contributed by atoms with Gasteiger partial charge in [-0.25, -0.2) is 4.39 Å². The first-order valence-corrected chi connectivity index (χ1v) is 5.39. The van der Waals surface area contributed by atoms with Crippen LogP contribution in [0.4, 0.5) is 4.39 Å². The van der Waals surface area contributed by atoms with Gasteiger partial charge in [-0.2, -0.15) is 0 Å². The van der Waals surface area contributed by atoms with E-state index in [0.717, 1.165) is 11.3 Å². The summed E-state index contributed by atoms with van der Waals surface area (Å²) in [5, 5.41) is 0. The molecule has 0 heterocycles. The molecular formula is C13H18FNO. The molecule has 0 aromatic heterocycles. The Hall–Kier alpha value is -1.35. The van der Waals surface area contributed by atoms with Crippen molar-refractivity contribution in [2.45, 2.75) is 26.4 Å². The molecule has 1 aromatic carbocycles. The third-order valence-corrected chi connectivity index (χ3v) is 2.12. The molecule has 0 saturated heterocycles. The van der Waals surface area contributed by atoms with Crippen molar-refractivity contribution in [3.8, 4) is 5.75 Å². The molecule has 1 aromatic rings. The van der Waals surface area contributed by atoms with E-state index in [1.807, 2.05) is 38.1 Å². The van der Waals surface area contributed by atoms with Crippen molar-refractivity contribution >= 4 is 0 Å². The molecule has 0 bridgehead atoms. The molecule has 3 heteroatoms. The summed E-state index contributed by atoms with van der Waals surface area (Å²) in [6.07, 6.45) is 1.25. The van der Waals surface area contributed by atoms with E-state index in [2.05, 4.69) is 0 Å². The summed E-state index contributed by atoms with van der Waals surface area (Å²) in [7, 11) is 0. The zero-order chi connectivity index (χ0) is 12.0. The third-order valence-electron chi connectivity index (χ3n) is 2.12. The van der Waals surface area contributed by atoms with Gasteiger partial charge in [-0.05, 0) is 43.5 Å². The Labute approximate surface area is 95.9 Å². The van der Waals surface area contributed by atoms with E-state index >= 15 is 0 Å². The van der Waals surface area contributed by atoms with Gasteiger partial charge in [0.2, 0.25) is 0 Å². The maximum absolute atomic E-state index is 12.4. The highest BCUT2D eigenvalue weighted by atomic mass is 19.1. The topological polar surface area (TPSA) is 35.2 Å². The Morgan fingerprint density at radius 1 is 1.50 bits per heavy atom. The molecule has 0 amide bonds. The second-order valence-electron chi connectivity index (χ2n) is 3.96. The van der Waals surface area contributed by atoms with Crippen molar-refractivity contribution < 1.29 is 9.13 Å². The van der Waals surface area contributed by atoms with Crippen LogP contribution < -0.4 is 10.5 Å². The second-order valence-corrected chi connectivity index (χ2v) is 3.96. The second kappa shape index (κ2) is 6.28. The summed E-state index contributed by atoms with van der Waals surface area (Å²) >= 11 is 0. The van der Waals surface area contributed by atoms with E-state index in [1.165, 1.54) is 0 Å².